The van der Waals surface area contributed by atoms with E-state index in [9.17, 15) is 9.59 Å². The molecule has 2 aromatic heterocycles. The summed E-state index contributed by atoms with van der Waals surface area (Å²) < 4.78 is 0.699. The van der Waals surface area contributed by atoms with Crippen molar-refractivity contribution in [3.8, 4) is 9.88 Å². The average Bonchev–Trinajstić information content (AvgIpc) is 3.36. The largest absolute Gasteiger partial charge is 0.360 e. The van der Waals surface area contributed by atoms with Crippen LogP contribution in [0.1, 0.15) is 16.1 Å². The van der Waals surface area contributed by atoms with Crippen molar-refractivity contribution in [1.82, 2.24) is 15.6 Å². The molecule has 1 aromatic carbocycles. The first kappa shape index (κ1) is 18.9. The Bertz CT molecular complexity index is 1000. The summed E-state index contributed by atoms with van der Waals surface area (Å²) in [5.41, 5.74) is 2.39. The number of carbonyl (C=O) groups excluding carboxylic acids is 2. The third kappa shape index (κ3) is 4.35. The maximum absolute atomic E-state index is 12.4. The molecular formula is C19H17ClN4O2S2. The zero-order valence-corrected chi connectivity index (χ0v) is 17.2. The Labute approximate surface area is 175 Å². The normalized spacial score (nSPS) is 14.0. The number of nitrogens with zero attached hydrogens (tertiary/aromatic N) is 2. The second-order valence-electron chi connectivity index (χ2n) is 6.26. The summed E-state index contributed by atoms with van der Waals surface area (Å²) in [5.74, 6) is -0.169. The average molecular weight is 433 g/mol. The molecule has 0 bridgehead atoms. The first-order valence-electron chi connectivity index (χ1n) is 8.68. The van der Waals surface area contributed by atoms with Gasteiger partial charge in [0.1, 0.15) is 10.7 Å². The first-order chi connectivity index (χ1) is 13.6. The molecule has 4 rings (SSSR count). The van der Waals surface area contributed by atoms with Gasteiger partial charge >= 0.3 is 0 Å². The zero-order valence-electron chi connectivity index (χ0n) is 14.8. The SMILES string of the molecule is O=C1CN(c2ccc(CNC(=O)c3csc(-c4ccc(Cl)s4)n3)cc2)CCN1. The second kappa shape index (κ2) is 8.30. The first-order valence-corrected chi connectivity index (χ1v) is 10.8. The molecule has 144 valence electrons. The molecule has 0 spiro atoms. The van der Waals surface area contributed by atoms with Crippen LogP contribution < -0.4 is 15.5 Å². The molecule has 1 saturated heterocycles. The molecule has 6 nitrogen and oxygen atoms in total. The van der Waals surface area contributed by atoms with E-state index in [1.807, 2.05) is 41.3 Å². The van der Waals surface area contributed by atoms with E-state index < -0.39 is 0 Å². The fourth-order valence-electron chi connectivity index (χ4n) is 2.88. The molecule has 2 N–H and O–H groups in total. The number of thiophene rings is 1. The Morgan fingerprint density at radius 3 is 2.79 bits per heavy atom. The minimum absolute atomic E-state index is 0.0371. The molecule has 0 atom stereocenters. The molecule has 9 heteroatoms. The highest BCUT2D eigenvalue weighted by Crippen LogP contribution is 2.32. The Balaban J connectivity index is 1.34. The number of hydrogen-bond acceptors (Lipinski definition) is 6. The predicted molar refractivity (Wildman–Crippen MR) is 113 cm³/mol. The van der Waals surface area contributed by atoms with Crippen LogP contribution in [0.25, 0.3) is 9.88 Å². The van der Waals surface area contributed by atoms with Crippen molar-refractivity contribution >= 4 is 51.8 Å². The van der Waals surface area contributed by atoms with Crippen molar-refractivity contribution in [2.75, 3.05) is 24.5 Å². The number of halogens is 1. The quantitative estimate of drug-likeness (QED) is 0.648. The minimum Gasteiger partial charge on any atom is -0.360 e. The monoisotopic (exact) mass is 432 g/mol. The van der Waals surface area contributed by atoms with Crippen LogP contribution in [0.15, 0.2) is 41.8 Å². The van der Waals surface area contributed by atoms with E-state index in [-0.39, 0.29) is 11.8 Å². The third-order valence-electron chi connectivity index (χ3n) is 4.31. The summed E-state index contributed by atoms with van der Waals surface area (Å²) in [4.78, 5) is 31.3. The highest BCUT2D eigenvalue weighted by Gasteiger charge is 2.16. The predicted octanol–water partition coefficient (Wildman–Crippen LogP) is 3.39. The number of hydrogen-bond donors (Lipinski definition) is 2. The number of benzene rings is 1. The van der Waals surface area contributed by atoms with Gasteiger partial charge in [0.2, 0.25) is 5.91 Å². The Kier molecular flexibility index (Phi) is 5.61. The van der Waals surface area contributed by atoms with Gasteiger partial charge < -0.3 is 15.5 Å². The van der Waals surface area contributed by atoms with Crippen LogP contribution in [0, 0.1) is 0 Å². The molecular weight excluding hydrogens is 416 g/mol. The van der Waals surface area contributed by atoms with Gasteiger partial charge in [0, 0.05) is 30.7 Å². The van der Waals surface area contributed by atoms with Crippen molar-refractivity contribution in [1.29, 1.82) is 0 Å². The zero-order chi connectivity index (χ0) is 19.5. The highest BCUT2D eigenvalue weighted by molar-refractivity contribution is 7.23. The van der Waals surface area contributed by atoms with Crippen LogP contribution in [0.5, 0.6) is 0 Å². The lowest BCUT2D eigenvalue weighted by molar-refractivity contribution is -0.120. The molecule has 28 heavy (non-hydrogen) atoms. The van der Waals surface area contributed by atoms with Gasteiger partial charge in [0.15, 0.2) is 0 Å². The van der Waals surface area contributed by atoms with Crippen LogP contribution in [0.3, 0.4) is 0 Å². The Hall–Kier alpha value is -2.42. The van der Waals surface area contributed by atoms with Gasteiger partial charge in [-0.2, -0.15) is 0 Å². The van der Waals surface area contributed by atoms with Gasteiger partial charge in [-0.3, -0.25) is 9.59 Å². The van der Waals surface area contributed by atoms with Gasteiger partial charge in [0.05, 0.1) is 15.8 Å². The van der Waals surface area contributed by atoms with Gasteiger partial charge in [-0.15, -0.1) is 22.7 Å². The number of aromatic nitrogens is 1. The molecule has 3 heterocycles. The Morgan fingerprint density at radius 2 is 2.07 bits per heavy atom. The molecule has 1 fully saturated rings. The fourth-order valence-corrected chi connectivity index (χ4v) is 4.79. The van der Waals surface area contributed by atoms with Gasteiger partial charge in [-0.05, 0) is 29.8 Å². The molecule has 0 unspecified atom stereocenters. The number of rotatable bonds is 5. The maximum atomic E-state index is 12.4. The second-order valence-corrected chi connectivity index (χ2v) is 8.84. The van der Waals surface area contributed by atoms with E-state index in [0.717, 1.165) is 27.7 Å². The van der Waals surface area contributed by atoms with E-state index in [0.29, 0.717) is 29.7 Å². The summed E-state index contributed by atoms with van der Waals surface area (Å²) in [5, 5.41) is 8.25. The van der Waals surface area contributed by atoms with Gasteiger partial charge in [0.25, 0.3) is 5.91 Å². The van der Waals surface area contributed by atoms with Crippen molar-refractivity contribution in [2.24, 2.45) is 0 Å². The molecule has 1 aliphatic rings. The van der Waals surface area contributed by atoms with E-state index in [4.69, 9.17) is 11.6 Å². The topological polar surface area (TPSA) is 74.3 Å². The summed E-state index contributed by atoms with van der Waals surface area (Å²) in [6.07, 6.45) is 0. The van der Waals surface area contributed by atoms with Crippen LogP contribution >= 0.6 is 34.3 Å². The lowest BCUT2D eigenvalue weighted by atomic mass is 10.2. The van der Waals surface area contributed by atoms with E-state index in [1.54, 1.807) is 5.38 Å². The van der Waals surface area contributed by atoms with E-state index >= 15 is 0 Å². The van der Waals surface area contributed by atoms with Crippen molar-refractivity contribution in [2.45, 2.75) is 6.54 Å². The number of nitrogens with one attached hydrogen (secondary N) is 2. The van der Waals surface area contributed by atoms with Crippen LogP contribution in [0.4, 0.5) is 5.69 Å². The molecule has 0 radical (unpaired) electrons. The lowest BCUT2D eigenvalue weighted by Gasteiger charge is -2.28. The number of carbonyl (C=O) groups is 2. The van der Waals surface area contributed by atoms with Crippen LogP contribution in [0.2, 0.25) is 4.34 Å². The summed E-state index contributed by atoms with van der Waals surface area (Å²) in [6.45, 7) is 2.24. The van der Waals surface area contributed by atoms with Crippen molar-refractivity contribution < 1.29 is 9.59 Å². The van der Waals surface area contributed by atoms with Crippen molar-refractivity contribution in [3.05, 3.63) is 57.4 Å². The Morgan fingerprint density at radius 1 is 1.25 bits per heavy atom. The highest BCUT2D eigenvalue weighted by atomic mass is 35.5. The number of piperazine rings is 1. The van der Waals surface area contributed by atoms with Gasteiger partial charge in [-0.25, -0.2) is 4.98 Å². The van der Waals surface area contributed by atoms with Crippen molar-refractivity contribution in [3.63, 3.8) is 0 Å². The number of amides is 2. The standard InChI is InChI=1S/C19H17ClN4O2S2/c20-16-6-5-15(28-16)19-23-14(11-27-19)18(26)22-9-12-1-3-13(4-2-12)24-8-7-21-17(25)10-24/h1-6,11H,7-10H2,(H,21,25)(H,22,26). The molecule has 0 saturated carbocycles. The summed E-state index contributed by atoms with van der Waals surface area (Å²) >= 11 is 8.83. The lowest BCUT2D eigenvalue weighted by Crippen LogP contribution is -2.47. The van der Waals surface area contributed by atoms with Crippen LogP contribution in [-0.2, 0) is 11.3 Å². The third-order valence-corrected chi connectivity index (χ3v) is 6.56. The van der Waals surface area contributed by atoms with E-state index in [2.05, 4.69) is 15.6 Å². The molecule has 1 aliphatic heterocycles. The van der Waals surface area contributed by atoms with Crippen LogP contribution in [-0.4, -0.2) is 36.4 Å². The summed E-state index contributed by atoms with van der Waals surface area (Å²) in [6, 6.07) is 11.6. The minimum atomic E-state index is -0.207. The fraction of sp³-hybridized carbons (Fsp3) is 0.211. The number of anilines is 1. The molecule has 0 aliphatic carbocycles. The molecule has 2 amide bonds. The molecule has 3 aromatic rings. The smallest absolute Gasteiger partial charge is 0.271 e. The van der Waals surface area contributed by atoms with Gasteiger partial charge in [-0.1, -0.05) is 23.7 Å². The van der Waals surface area contributed by atoms with E-state index in [1.165, 1.54) is 22.7 Å². The number of thiazole rings is 1. The summed E-state index contributed by atoms with van der Waals surface area (Å²) in [7, 11) is 0. The maximum Gasteiger partial charge on any atom is 0.271 e.